The normalized spacial score (nSPS) is 14.6. The molecule has 5 nitrogen and oxygen atoms in total. The smallest absolute Gasteiger partial charge is 0.278 e. The fourth-order valence-electron chi connectivity index (χ4n) is 2.99. The third kappa shape index (κ3) is 3.93. The molecule has 0 bridgehead atoms. The van der Waals surface area contributed by atoms with Crippen molar-refractivity contribution in [3.05, 3.63) is 47.1 Å². The zero-order valence-electron chi connectivity index (χ0n) is 15.2. The Morgan fingerprint density at radius 2 is 1.96 bits per heavy atom. The van der Waals surface area contributed by atoms with Gasteiger partial charge < -0.3 is 14.4 Å². The Hall–Kier alpha value is -2.27. The number of carbonyl (C=O) groups is 1. The number of halogens is 1. The Bertz CT molecular complexity index is 775. The van der Waals surface area contributed by atoms with Crippen LogP contribution in [0.4, 0.5) is 5.69 Å². The summed E-state index contributed by atoms with van der Waals surface area (Å²) in [7, 11) is 1.62. The number of hydrogen-bond acceptors (Lipinski definition) is 4. The Morgan fingerprint density at radius 1 is 1.27 bits per heavy atom. The van der Waals surface area contributed by atoms with E-state index in [-0.39, 0.29) is 17.6 Å². The van der Waals surface area contributed by atoms with Crippen LogP contribution in [0.1, 0.15) is 37.2 Å². The number of pyridine rings is 1. The van der Waals surface area contributed by atoms with Gasteiger partial charge in [0.15, 0.2) is 5.69 Å². The largest absolute Gasteiger partial charge is 0.497 e. The van der Waals surface area contributed by atoms with E-state index in [1.54, 1.807) is 24.1 Å². The van der Waals surface area contributed by atoms with Crippen LogP contribution in [0.25, 0.3) is 0 Å². The van der Waals surface area contributed by atoms with Gasteiger partial charge in [-0.3, -0.25) is 4.79 Å². The maximum Gasteiger partial charge on any atom is 0.278 e. The predicted octanol–water partition coefficient (Wildman–Crippen LogP) is 4.59. The maximum absolute atomic E-state index is 13.3. The van der Waals surface area contributed by atoms with Crippen molar-refractivity contribution in [2.45, 2.75) is 32.7 Å². The molecule has 1 saturated carbocycles. The molecule has 0 saturated heterocycles. The van der Waals surface area contributed by atoms with E-state index >= 15 is 0 Å². The molecule has 3 rings (SSSR count). The second-order valence-corrected chi connectivity index (χ2v) is 6.77. The van der Waals surface area contributed by atoms with Gasteiger partial charge in [-0.15, -0.1) is 0 Å². The van der Waals surface area contributed by atoms with Crippen molar-refractivity contribution >= 4 is 23.2 Å². The fraction of sp³-hybridized carbons (Fsp3) is 0.400. The van der Waals surface area contributed by atoms with Gasteiger partial charge in [-0.05, 0) is 62.9 Å². The molecule has 1 aromatic heterocycles. The third-order valence-corrected chi connectivity index (χ3v) is 4.90. The standard InChI is InChI=1S/C20H23ClN2O3/c1-4-26-18-12-11-17(21)19(22-18)20(24)23(13(2)14-5-6-14)15-7-9-16(25-3)10-8-15/h7-14H,4-6H2,1-3H3/t13-/m0/s1. The Kier molecular flexibility index (Phi) is 5.67. The zero-order chi connectivity index (χ0) is 18.7. The number of aromatic nitrogens is 1. The highest BCUT2D eigenvalue weighted by Gasteiger charge is 2.36. The van der Waals surface area contributed by atoms with Crippen molar-refractivity contribution in [3.63, 3.8) is 0 Å². The lowest BCUT2D eigenvalue weighted by molar-refractivity contribution is 0.0970. The van der Waals surface area contributed by atoms with Crippen LogP contribution in [0.5, 0.6) is 11.6 Å². The SMILES string of the molecule is CCOc1ccc(Cl)c(C(=O)N(c2ccc(OC)cc2)[C@@H](C)C2CC2)n1. The number of anilines is 1. The molecule has 26 heavy (non-hydrogen) atoms. The van der Waals surface area contributed by atoms with Crippen LogP contribution in [0, 0.1) is 5.92 Å². The van der Waals surface area contributed by atoms with Gasteiger partial charge in [0.25, 0.3) is 5.91 Å². The van der Waals surface area contributed by atoms with Crippen LogP contribution >= 0.6 is 11.6 Å². The molecular formula is C20H23ClN2O3. The summed E-state index contributed by atoms with van der Waals surface area (Å²) in [6.45, 7) is 4.42. The molecule has 2 aromatic rings. The third-order valence-electron chi connectivity index (χ3n) is 4.60. The highest BCUT2D eigenvalue weighted by molar-refractivity contribution is 6.34. The van der Waals surface area contributed by atoms with Crippen LogP contribution in [0.2, 0.25) is 5.02 Å². The number of rotatable bonds is 7. The minimum atomic E-state index is -0.221. The first-order valence-electron chi connectivity index (χ1n) is 8.82. The molecule has 1 aliphatic carbocycles. The van der Waals surface area contributed by atoms with E-state index in [0.717, 1.165) is 24.3 Å². The lowest BCUT2D eigenvalue weighted by atomic mass is 10.1. The van der Waals surface area contributed by atoms with Crippen molar-refractivity contribution in [1.29, 1.82) is 0 Å². The van der Waals surface area contributed by atoms with Gasteiger partial charge in [-0.25, -0.2) is 4.98 Å². The minimum absolute atomic E-state index is 0.0597. The monoisotopic (exact) mass is 374 g/mol. The molecule has 1 amide bonds. The average Bonchev–Trinajstić information content (AvgIpc) is 3.49. The van der Waals surface area contributed by atoms with Crippen LogP contribution < -0.4 is 14.4 Å². The minimum Gasteiger partial charge on any atom is -0.497 e. The van der Waals surface area contributed by atoms with E-state index in [1.165, 1.54) is 0 Å². The number of nitrogens with zero attached hydrogens (tertiary/aromatic N) is 2. The molecule has 1 aromatic carbocycles. The molecule has 0 N–H and O–H groups in total. The van der Waals surface area contributed by atoms with E-state index in [4.69, 9.17) is 21.1 Å². The van der Waals surface area contributed by atoms with Gasteiger partial charge in [0.1, 0.15) is 5.75 Å². The molecule has 138 valence electrons. The van der Waals surface area contributed by atoms with Crippen molar-refractivity contribution in [1.82, 2.24) is 4.98 Å². The topological polar surface area (TPSA) is 51.7 Å². The highest BCUT2D eigenvalue weighted by atomic mass is 35.5. The lowest BCUT2D eigenvalue weighted by Crippen LogP contribution is -2.40. The first kappa shape index (κ1) is 18.5. The molecule has 6 heteroatoms. The second kappa shape index (κ2) is 7.96. The number of amides is 1. The van der Waals surface area contributed by atoms with Gasteiger partial charge in [0.05, 0.1) is 18.7 Å². The van der Waals surface area contributed by atoms with Crippen molar-refractivity contribution in [2.24, 2.45) is 5.92 Å². The summed E-state index contributed by atoms with van der Waals surface area (Å²) >= 11 is 6.28. The van der Waals surface area contributed by atoms with Crippen molar-refractivity contribution in [2.75, 3.05) is 18.6 Å². The Labute approximate surface area is 158 Å². The Morgan fingerprint density at radius 3 is 2.54 bits per heavy atom. The van der Waals surface area contributed by atoms with Crippen LogP contribution in [-0.2, 0) is 0 Å². The number of methoxy groups -OCH3 is 1. The molecule has 1 atom stereocenters. The summed E-state index contributed by atoms with van der Waals surface area (Å²) in [5.41, 5.74) is 1.01. The number of hydrogen-bond donors (Lipinski definition) is 0. The number of benzene rings is 1. The lowest BCUT2D eigenvalue weighted by Gasteiger charge is -2.29. The number of ether oxygens (including phenoxy) is 2. The Balaban J connectivity index is 1.98. The van der Waals surface area contributed by atoms with Gasteiger partial charge >= 0.3 is 0 Å². The summed E-state index contributed by atoms with van der Waals surface area (Å²) in [6.07, 6.45) is 2.25. The zero-order valence-corrected chi connectivity index (χ0v) is 16.0. The first-order chi connectivity index (χ1) is 12.5. The van der Waals surface area contributed by atoms with E-state index in [1.807, 2.05) is 31.2 Å². The molecule has 1 heterocycles. The second-order valence-electron chi connectivity index (χ2n) is 6.36. The van der Waals surface area contributed by atoms with Gasteiger partial charge in [-0.2, -0.15) is 0 Å². The van der Waals surface area contributed by atoms with Gasteiger partial charge in [0, 0.05) is 17.8 Å². The highest BCUT2D eigenvalue weighted by Crippen LogP contribution is 2.38. The molecule has 1 fully saturated rings. The van der Waals surface area contributed by atoms with Gasteiger partial charge in [-0.1, -0.05) is 11.6 Å². The summed E-state index contributed by atoms with van der Waals surface area (Å²) in [5, 5.41) is 0.319. The van der Waals surface area contributed by atoms with Gasteiger partial charge in [0.2, 0.25) is 5.88 Å². The average molecular weight is 375 g/mol. The van der Waals surface area contributed by atoms with Crippen molar-refractivity contribution in [3.8, 4) is 11.6 Å². The van der Waals surface area contributed by atoms with Crippen LogP contribution in [0.15, 0.2) is 36.4 Å². The van der Waals surface area contributed by atoms with E-state index in [2.05, 4.69) is 11.9 Å². The first-order valence-corrected chi connectivity index (χ1v) is 9.20. The van der Waals surface area contributed by atoms with Crippen molar-refractivity contribution < 1.29 is 14.3 Å². The van der Waals surface area contributed by atoms with E-state index < -0.39 is 0 Å². The molecule has 0 spiro atoms. The maximum atomic E-state index is 13.3. The quantitative estimate of drug-likeness (QED) is 0.711. The summed E-state index contributed by atoms with van der Waals surface area (Å²) in [6, 6.07) is 10.9. The molecular weight excluding hydrogens is 352 g/mol. The number of carbonyl (C=O) groups excluding carboxylic acids is 1. The summed E-state index contributed by atoms with van der Waals surface area (Å²) in [4.78, 5) is 19.5. The molecule has 0 radical (unpaired) electrons. The molecule has 0 unspecified atom stereocenters. The van der Waals surface area contributed by atoms with Crippen LogP contribution in [-0.4, -0.2) is 30.6 Å². The summed E-state index contributed by atoms with van der Waals surface area (Å²) in [5.74, 6) is 1.42. The van der Waals surface area contributed by atoms with E-state index in [9.17, 15) is 4.79 Å². The molecule has 1 aliphatic rings. The molecule has 0 aliphatic heterocycles. The predicted molar refractivity (Wildman–Crippen MR) is 102 cm³/mol. The van der Waals surface area contributed by atoms with Crippen LogP contribution in [0.3, 0.4) is 0 Å². The fourth-order valence-corrected chi connectivity index (χ4v) is 3.17. The summed E-state index contributed by atoms with van der Waals surface area (Å²) < 4.78 is 10.7. The van der Waals surface area contributed by atoms with E-state index in [0.29, 0.717) is 23.4 Å².